The van der Waals surface area contributed by atoms with Crippen molar-refractivity contribution in [2.75, 3.05) is 0 Å². The molecule has 172 valence electrons. The number of aliphatic carboxylic acids is 1. The number of carboxylic acid groups (broad SMARTS) is 1. The maximum Gasteiger partial charge on any atom is 0.326 e. The number of hydrogen-bond acceptors (Lipinski definition) is 5. The summed E-state index contributed by atoms with van der Waals surface area (Å²) in [6.07, 6.45) is 0.957. The van der Waals surface area contributed by atoms with Crippen molar-refractivity contribution in [1.29, 1.82) is 0 Å². The summed E-state index contributed by atoms with van der Waals surface area (Å²) in [5, 5.41) is 24.2. The third-order valence-corrected chi connectivity index (χ3v) is 5.42. The Morgan fingerprint density at radius 3 is 2.06 bits per heavy atom. The van der Waals surface area contributed by atoms with Crippen LogP contribution < -0.4 is 16.4 Å². The highest BCUT2D eigenvalue weighted by molar-refractivity contribution is 5.92. The van der Waals surface area contributed by atoms with E-state index in [0.717, 1.165) is 11.1 Å². The van der Waals surface area contributed by atoms with Crippen molar-refractivity contribution in [2.45, 2.75) is 51.2 Å². The van der Waals surface area contributed by atoms with Crippen LogP contribution in [0.3, 0.4) is 0 Å². The van der Waals surface area contributed by atoms with E-state index < -0.39 is 35.9 Å². The second-order valence-corrected chi connectivity index (χ2v) is 7.94. The van der Waals surface area contributed by atoms with Gasteiger partial charge in [-0.25, -0.2) is 4.79 Å². The lowest BCUT2D eigenvalue weighted by Gasteiger charge is -2.26. The van der Waals surface area contributed by atoms with Crippen molar-refractivity contribution in [3.05, 3.63) is 65.7 Å². The van der Waals surface area contributed by atoms with Crippen molar-refractivity contribution in [3.8, 4) is 5.75 Å². The molecule has 0 radical (unpaired) electrons. The molecule has 8 nitrogen and oxygen atoms in total. The fraction of sp³-hybridized carbons (Fsp3) is 0.375. The smallest absolute Gasteiger partial charge is 0.326 e. The standard InChI is InChI=1S/C24H31N3O5/c1-3-15(2)21(27-22(29)19(25)13-17-9-11-18(28)12-10-17)23(30)26-20(24(31)32)14-16-7-5-4-6-8-16/h4-12,15,19-21,28H,3,13-14,25H2,1-2H3,(H,26,30)(H,27,29)(H,31,32)/t15-,19-,20-,21-/m0/s1. The molecule has 0 aliphatic heterocycles. The van der Waals surface area contributed by atoms with E-state index in [1.54, 1.807) is 36.4 Å². The maximum absolute atomic E-state index is 12.9. The maximum atomic E-state index is 12.9. The lowest BCUT2D eigenvalue weighted by molar-refractivity contribution is -0.142. The van der Waals surface area contributed by atoms with Gasteiger partial charge in [0.2, 0.25) is 11.8 Å². The predicted molar refractivity (Wildman–Crippen MR) is 121 cm³/mol. The number of amides is 2. The average Bonchev–Trinajstić information content (AvgIpc) is 2.78. The Morgan fingerprint density at radius 2 is 1.50 bits per heavy atom. The second kappa shape index (κ2) is 11.9. The van der Waals surface area contributed by atoms with Crippen LogP contribution in [0.15, 0.2) is 54.6 Å². The molecule has 0 aromatic heterocycles. The predicted octanol–water partition coefficient (Wildman–Crippen LogP) is 1.61. The van der Waals surface area contributed by atoms with Crippen LogP contribution in [0.2, 0.25) is 0 Å². The molecule has 6 N–H and O–H groups in total. The number of carboxylic acids is 1. The van der Waals surface area contributed by atoms with Gasteiger partial charge in [0.1, 0.15) is 17.8 Å². The zero-order valence-electron chi connectivity index (χ0n) is 18.3. The van der Waals surface area contributed by atoms with E-state index in [1.165, 1.54) is 12.1 Å². The largest absolute Gasteiger partial charge is 0.508 e. The number of phenols is 1. The summed E-state index contributed by atoms with van der Waals surface area (Å²) in [6.45, 7) is 3.69. The van der Waals surface area contributed by atoms with Gasteiger partial charge in [-0.15, -0.1) is 0 Å². The molecular formula is C24H31N3O5. The van der Waals surface area contributed by atoms with E-state index >= 15 is 0 Å². The number of carbonyl (C=O) groups excluding carboxylic acids is 2. The van der Waals surface area contributed by atoms with Crippen molar-refractivity contribution in [3.63, 3.8) is 0 Å². The summed E-state index contributed by atoms with van der Waals surface area (Å²) in [6, 6.07) is 12.4. The molecule has 2 aromatic carbocycles. The van der Waals surface area contributed by atoms with Crippen molar-refractivity contribution < 1.29 is 24.6 Å². The number of nitrogens with two attached hydrogens (primary N) is 1. The minimum absolute atomic E-state index is 0.115. The minimum atomic E-state index is -1.15. The summed E-state index contributed by atoms with van der Waals surface area (Å²) in [5.74, 6) is -2.34. The lowest BCUT2D eigenvalue weighted by Crippen LogP contribution is -2.57. The lowest BCUT2D eigenvalue weighted by atomic mass is 9.96. The summed E-state index contributed by atoms with van der Waals surface area (Å²) < 4.78 is 0. The summed E-state index contributed by atoms with van der Waals surface area (Å²) in [5.41, 5.74) is 7.57. The van der Waals surface area contributed by atoms with Crippen molar-refractivity contribution in [1.82, 2.24) is 10.6 Å². The topological polar surface area (TPSA) is 142 Å². The van der Waals surface area contributed by atoms with E-state index in [9.17, 15) is 24.6 Å². The molecule has 0 saturated heterocycles. The molecule has 0 fully saturated rings. The van der Waals surface area contributed by atoms with Crippen LogP contribution in [0.4, 0.5) is 0 Å². The van der Waals surface area contributed by atoms with E-state index in [4.69, 9.17) is 5.73 Å². The first-order chi connectivity index (χ1) is 15.2. The molecule has 8 heteroatoms. The van der Waals surface area contributed by atoms with Gasteiger partial charge >= 0.3 is 5.97 Å². The monoisotopic (exact) mass is 441 g/mol. The highest BCUT2D eigenvalue weighted by Gasteiger charge is 2.31. The SMILES string of the molecule is CC[C@H](C)[C@H](NC(=O)[C@@H](N)Cc1ccc(O)cc1)C(=O)N[C@@H](Cc1ccccc1)C(=O)O. The molecule has 2 aromatic rings. The quantitative estimate of drug-likeness (QED) is 0.359. The molecule has 0 bridgehead atoms. The zero-order chi connectivity index (χ0) is 23.7. The Hall–Kier alpha value is -3.39. The third kappa shape index (κ3) is 7.39. The molecule has 0 unspecified atom stereocenters. The van der Waals surface area contributed by atoms with Crippen molar-refractivity contribution in [2.24, 2.45) is 11.7 Å². The van der Waals surface area contributed by atoms with E-state index in [2.05, 4.69) is 10.6 Å². The highest BCUT2D eigenvalue weighted by atomic mass is 16.4. The molecule has 32 heavy (non-hydrogen) atoms. The van der Waals surface area contributed by atoms with E-state index in [0.29, 0.717) is 6.42 Å². The summed E-state index contributed by atoms with van der Waals surface area (Å²) >= 11 is 0. The van der Waals surface area contributed by atoms with Gasteiger partial charge in [-0.05, 0) is 35.6 Å². The fourth-order valence-corrected chi connectivity index (χ4v) is 3.25. The van der Waals surface area contributed by atoms with Crippen LogP contribution in [0.1, 0.15) is 31.4 Å². The number of nitrogens with one attached hydrogen (secondary N) is 2. The van der Waals surface area contributed by atoms with E-state index in [1.807, 2.05) is 19.9 Å². The first kappa shape index (κ1) is 24.9. The molecule has 2 rings (SSSR count). The Bertz CT molecular complexity index is 902. The van der Waals surface area contributed by atoms with Gasteiger partial charge in [-0.3, -0.25) is 9.59 Å². The highest BCUT2D eigenvalue weighted by Crippen LogP contribution is 2.13. The molecule has 0 aliphatic rings. The first-order valence-corrected chi connectivity index (χ1v) is 10.6. The van der Waals surface area contributed by atoms with Gasteiger partial charge in [-0.2, -0.15) is 0 Å². The number of rotatable bonds is 11. The number of benzene rings is 2. The molecule has 2 amide bonds. The number of phenolic OH excluding ortho intramolecular Hbond substituents is 1. The molecule has 0 saturated carbocycles. The molecule has 0 aliphatic carbocycles. The molecule has 0 spiro atoms. The fourth-order valence-electron chi connectivity index (χ4n) is 3.25. The summed E-state index contributed by atoms with van der Waals surface area (Å²) in [7, 11) is 0. The number of carbonyl (C=O) groups is 3. The average molecular weight is 442 g/mol. The van der Waals surface area contributed by atoms with Gasteiger partial charge in [-0.1, -0.05) is 62.7 Å². The van der Waals surface area contributed by atoms with Crippen LogP contribution in [-0.2, 0) is 27.2 Å². The zero-order valence-corrected chi connectivity index (χ0v) is 18.3. The van der Waals surface area contributed by atoms with Gasteiger partial charge in [0.05, 0.1) is 6.04 Å². The molecule has 0 heterocycles. The second-order valence-electron chi connectivity index (χ2n) is 7.94. The Morgan fingerprint density at radius 1 is 0.906 bits per heavy atom. The van der Waals surface area contributed by atoms with Crippen LogP contribution in [0.5, 0.6) is 5.75 Å². The van der Waals surface area contributed by atoms with Crippen molar-refractivity contribution >= 4 is 17.8 Å². The van der Waals surface area contributed by atoms with Crippen LogP contribution in [0, 0.1) is 5.92 Å². The Kier molecular flexibility index (Phi) is 9.22. The van der Waals surface area contributed by atoms with Gasteiger partial charge in [0, 0.05) is 6.42 Å². The van der Waals surface area contributed by atoms with Crippen LogP contribution >= 0.6 is 0 Å². The van der Waals surface area contributed by atoms with Crippen LogP contribution in [-0.4, -0.2) is 46.1 Å². The summed E-state index contributed by atoms with van der Waals surface area (Å²) in [4.78, 5) is 37.3. The third-order valence-electron chi connectivity index (χ3n) is 5.42. The van der Waals surface area contributed by atoms with Gasteiger partial charge in [0.15, 0.2) is 0 Å². The van der Waals surface area contributed by atoms with Gasteiger partial charge in [0.25, 0.3) is 0 Å². The minimum Gasteiger partial charge on any atom is -0.508 e. The Labute approximate surface area is 187 Å². The molecular weight excluding hydrogens is 410 g/mol. The van der Waals surface area contributed by atoms with Gasteiger partial charge < -0.3 is 26.6 Å². The van der Waals surface area contributed by atoms with E-state index in [-0.39, 0.29) is 24.5 Å². The normalized spacial score (nSPS) is 14.6. The number of aromatic hydroxyl groups is 1. The first-order valence-electron chi connectivity index (χ1n) is 10.6. The Balaban J connectivity index is 2.06. The number of hydrogen-bond donors (Lipinski definition) is 5. The molecule has 4 atom stereocenters. The van der Waals surface area contributed by atoms with Crippen LogP contribution in [0.25, 0.3) is 0 Å².